The smallest absolute Gasteiger partial charge is 0.252 e. The van der Waals surface area contributed by atoms with Crippen LogP contribution in [0.15, 0.2) is 91.0 Å². The third-order valence-corrected chi connectivity index (χ3v) is 13.4. The number of carbonyl (C=O) groups excluding carboxylic acids is 4. The molecule has 0 saturated carbocycles. The van der Waals surface area contributed by atoms with E-state index in [-0.39, 0.29) is 41.8 Å². The van der Waals surface area contributed by atoms with Gasteiger partial charge in [-0.15, -0.1) is 0 Å². The summed E-state index contributed by atoms with van der Waals surface area (Å²) in [6.07, 6.45) is 0. The zero-order valence-corrected chi connectivity index (χ0v) is 42.0. The first kappa shape index (κ1) is 50.4. The molecular weight excluding hydrogens is 831 g/mol. The van der Waals surface area contributed by atoms with Gasteiger partial charge in [-0.05, 0) is 136 Å². The molecule has 0 radical (unpaired) electrons. The second-order valence-electron chi connectivity index (χ2n) is 20.1. The zero-order chi connectivity index (χ0) is 48.9. The predicted molar refractivity (Wildman–Crippen MR) is 272 cm³/mol. The van der Waals surface area contributed by atoms with Gasteiger partial charge in [0.1, 0.15) is 0 Å². The van der Waals surface area contributed by atoms with E-state index in [0.717, 1.165) is 57.6 Å². The lowest BCUT2D eigenvalue weighted by molar-refractivity contribution is 0.0950. The Kier molecular flexibility index (Phi) is 16.3. The Balaban J connectivity index is 0.000000138. The van der Waals surface area contributed by atoms with Crippen molar-refractivity contribution in [2.75, 3.05) is 0 Å². The van der Waals surface area contributed by atoms with Crippen LogP contribution in [0.3, 0.4) is 0 Å². The van der Waals surface area contributed by atoms with Crippen molar-refractivity contribution in [2.45, 2.75) is 157 Å². The Hall–Kier alpha value is -6.06. The molecule has 354 valence electrons. The van der Waals surface area contributed by atoms with Gasteiger partial charge in [0.15, 0.2) is 0 Å². The molecule has 5 aromatic rings. The quantitative estimate of drug-likeness (QED) is 0.120. The summed E-state index contributed by atoms with van der Waals surface area (Å²) < 4.78 is 0. The largest absolute Gasteiger partial charge is 0.348 e. The highest BCUT2D eigenvalue weighted by molar-refractivity contribution is 6.00. The van der Waals surface area contributed by atoms with Crippen LogP contribution in [0.4, 0.5) is 0 Å². The van der Waals surface area contributed by atoms with E-state index in [1.807, 2.05) is 51.1 Å². The van der Waals surface area contributed by atoms with E-state index in [4.69, 9.17) is 0 Å². The van der Waals surface area contributed by atoms with Crippen LogP contribution in [0.25, 0.3) is 0 Å². The Labute approximate surface area is 399 Å². The number of hydrogen-bond donors (Lipinski definition) is 5. The van der Waals surface area contributed by atoms with E-state index in [0.29, 0.717) is 36.1 Å². The highest BCUT2D eigenvalue weighted by Gasteiger charge is 2.27. The van der Waals surface area contributed by atoms with E-state index in [2.05, 4.69) is 156 Å². The topological polar surface area (TPSA) is 128 Å². The molecule has 5 N–H and O–H groups in total. The summed E-state index contributed by atoms with van der Waals surface area (Å²) in [6.45, 7) is 30.4. The monoisotopic (exact) mass is 904 g/mol. The maximum absolute atomic E-state index is 11.5. The van der Waals surface area contributed by atoms with Crippen molar-refractivity contribution in [1.82, 2.24) is 26.6 Å². The Morgan fingerprint density at radius 1 is 0.358 bits per heavy atom. The minimum atomic E-state index is 0.0648. The van der Waals surface area contributed by atoms with Crippen molar-refractivity contribution in [3.63, 3.8) is 0 Å². The van der Waals surface area contributed by atoms with Gasteiger partial charge >= 0.3 is 0 Å². The number of carbonyl (C=O) groups is 4. The van der Waals surface area contributed by atoms with Crippen LogP contribution in [0.2, 0.25) is 0 Å². The molecule has 3 atom stereocenters. The van der Waals surface area contributed by atoms with Crippen LogP contribution in [0.5, 0.6) is 0 Å². The van der Waals surface area contributed by atoms with Gasteiger partial charge in [-0.25, -0.2) is 0 Å². The van der Waals surface area contributed by atoms with Gasteiger partial charge in [0.05, 0.1) is 18.1 Å². The minimum absolute atomic E-state index is 0.0648. The minimum Gasteiger partial charge on any atom is -0.348 e. The Morgan fingerprint density at radius 2 is 0.672 bits per heavy atom. The van der Waals surface area contributed by atoms with Gasteiger partial charge in [0.2, 0.25) is 0 Å². The fourth-order valence-electron chi connectivity index (χ4n) is 8.84. The van der Waals surface area contributed by atoms with Crippen molar-refractivity contribution in [3.8, 4) is 0 Å². The second-order valence-corrected chi connectivity index (χ2v) is 20.1. The van der Waals surface area contributed by atoms with Crippen molar-refractivity contribution in [3.05, 3.63) is 174 Å². The summed E-state index contributed by atoms with van der Waals surface area (Å²) in [6, 6.07) is 32.0. The molecule has 67 heavy (non-hydrogen) atoms. The number of nitrogens with one attached hydrogen (secondary N) is 5. The van der Waals surface area contributed by atoms with Crippen LogP contribution < -0.4 is 26.6 Å². The lowest BCUT2D eigenvalue weighted by atomic mass is 9.97. The average molecular weight is 904 g/mol. The number of fused-ring (bicyclic) bond motifs is 5. The van der Waals surface area contributed by atoms with Crippen molar-refractivity contribution < 1.29 is 19.2 Å². The third kappa shape index (κ3) is 11.9. The average Bonchev–Trinajstić information content (AvgIpc) is 4.12. The van der Waals surface area contributed by atoms with Gasteiger partial charge in [-0.2, -0.15) is 0 Å². The molecule has 0 bridgehead atoms. The molecule has 9 nitrogen and oxygen atoms in total. The molecule has 1 unspecified atom stereocenters. The Morgan fingerprint density at radius 3 is 1.04 bits per heavy atom. The summed E-state index contributed by atoms with van der Waals surface area (Å²) in [4.78, 5) is 45.9. The van der Waals surface area contributed by atoms with Crippen LogP contribution in [0.1, 0.15) is 240 Å². The number of rotatable bonds is 5. The molecule has 5 aliphatic heterocycles. The van der Waals surface area contributed by atoms with Crippen LogP contribution in [0, 0.1) is 0 Å². The molecule has 10 rings (SSSR count). The molecule has 5 aromatic carbocycles. The maximum atomic E-state index is 11.5. The molecule has 0 spiro atoms. The normalized spacial score (nSPS) is 17.9. The van der Waals surface area contributed by atoms with E-state index in [1.165, 1.54) is 38.9 Å². The number of benzene rings is 5. The predicted octanol–water partition coefficient (Wildman–Crippen LogP) is 12.3. The fraction of sp³-hybridized carbons (Fsp3) is 0.414. The lowest BCUT2D eigenvalue weighted by Crippen LogP contribution is -2.16. The van der Waals surface area contributed by atoms with E-state index in [1.54, 1.807) is 0 Å². The van der Waals surface area contributed by atoms with Crippen LogP contribution in [-0.4, -0.2) is 23.6 Å². The highest BCUT2D eigenvalue weighted by atomic mass is 16.2. The van der Waals surface area contributed by atoms with Gasteiger partial charge in [0.25, 0.3) is 23.6 Å². The standard InChI is InChI=1S/3C12H15NO.C11H13NO.C11H15N/c3*1-7(2)9-4-5-10-8(3)13-12(14)11(10)6-9;1-7(2)8-3-4-9-6-12-11(13)10(9)5-8;1-8(2)9-3-4-10-6-12-7-11(10)5-9/h3*4-8H,1-3H3,(H,13,14);3-5,7H,6H2,1-2H3,(H,12,13);3-5,8,12H,6-7H2,1-2H3/t2*8-;;;/m10.../s1. The maximum Gasteiger partial charge on any atom is 0.252 e. The summed E-state index contributed by atoms with van der Waals surface area (Å²) in [5.74, 6) is 2.82. The Bertz CT molecular complexity index is 2440. The molecule has 5 heterocycles. The zero-order valence-electron chi connectivity index (χ0n) is 42.0. The van der Waals surface area contributed by atoms with E-state index in [9.17, 15) is 19.2 Å². The van der Waals surface area contributed by atoms with Crippen molar-refractivity contribution in [1.29, 1.82) is 0 Å². The summed E-state index contributed by atoms with van der Waals surface area (Å²) in [7, 11) is 0. The molecule has 9 heteroatoms. The molecule has 0 saturated heterocycles. The van der Waals surface area contributed by atoms with Gasteiger partial charge < -0.3 is 26.6 Å². The first-order valence-electron chi connectivity index (χ1n) is 24.3. The fourth-order valence-corrected chi connectivity index (χ4v) is 8.84. The number of amides is 4. The van der Waals surface area contributed by atoms with Gasteiger partial charge in [-0.1, -0.05) is 136 Å². The molecule has 4 amide bonds. The second kappa shape index (κ2) is 21.7. The van der Waals surface area contributed by atoms with Crippen LogP contribution in [-0.2, 0) is 19.6 Å². The first-order valence-corrected chi connectivity index (χ1v) is 24.3. The van der Waals surface area contributed by atoms with Gasteiger partial charge in [-0.3, -0.25) is 19.2 Å². The molecular formula is C58H73N5O4. The molecule has 0 aromatic heterocycles. The molecule has 5 aliphatic rings. The van der Waals surface area contributed by atoms with Crippen molar-refractivity contribution in [2.24, 2.45) is 0 Å². The SMILES string of the molecule is CC(C)c1ccc2c(c1)C(=O)NC2.CC(C)c1ccc2c(c1)C(=O)NC2C.CC(C)c1ccc2c(c1)C(=O)N[C@@H]2C.CC(C)c1ccc2c(c1)C(=O)N[C@H]2C.CC(C)c1ccc2c(c1)CNC2. The van der Waals surface area contributed by atoms with Crippen LogP contribution >= 0.6 is 0 Å². The summed E-state index contributed by atoms with van der Waals surface area (Å²) >= 11 is 0. The molecule has 0 fully saturated rings. The number of hydrogen-bond acceptors (Lipinski definition) is 5. The van der Waals surface area contributed by atoms with Gasteiger partial charge in [0, 0.05) is 41.9 Å². The summed E-state index contributed by atoms with van der Waals surface area (Å²) in [5.41, 5.74) is 17.2. The van der Waals surface area contributed by atoms with E-state index < -0.39 is 0 Å². The summed E-state index contributed by atoms with van der Waals surface area (Å²) in [5, 5.41) is 14.9. The molecule has 0 aliphatic carbocycles. The third-order valence-electron chi connectivity index (χ3n) is 13.4. The highest BCUT2D eigenvalue weighted by Crippen LogP contribution is 2.31. The first-order chi connectivity index (χ1) is 31.7. The van der Waals surface area contributed by atoms with E-state index >= 15 is 0 Å². The van der Waals surface area contributed by atoms with Crippen molar-refractivity contribution >= 4 is 23.6 Å². The lowest BCUT2D eigenvalue weighted by Gasteiger charge is -2.07.